The fourth-order valence-corrected chi connectivity index (χ4v) is 1.57. The van der Waals surface area contributed by atoms with Crippen LogP contribution in [-0.2, 0) is 0 Å². The number of rotatable bonds is 2. The van der Waals surface area contributed by atoms with E-state index < -0.39 is 0 Å². The maximum atomic E-state index is 4.16. The minimum absolute atomic E-state index is 0.633. The lowest BCUT2D eigenvalue weighted by molar-refractivity contribution is 0.920. The van der Waals surface area contributed by atoms with Crippen molar-refractivity contribution in [2.45, 2.75) is 19.4 Å². The van der Waals surface area contributed by atoms with Crippen LogP contribution in [0.15, 0.2) is 12.5 Å². The molecule has 0 amide bonds. The molecule has 0 aliphatic heterocycles. The third-order valence-electron chi connectivity index (χ3n) is 2.10. The molecule has 1 aromatic rings. The van der Waals surface area contributed by atoms with Crippen LogP contribution in [0.25, 0.3) is 0 Å². The number of nitrogens with one attached hydrogen (secondary N) is 1. The number of hydrogen-bond acceptors (Lipinski definition) is 3. The van der Waals surface area contributed by atoms with Crippen molar-refractivity contribution in [3.05, 3.63) is 16.1 Å². The Morgan fingerprint density at radius 1 is 1.67 bits per heavy atom. The van der Waals surface area contributed by atoms with E-state index in [4.69, 9.17) is 0 Å². The molecule has 1 heterocycles. The molecule has 0 bridgehead atoms. The van der Waals surface area contributed by atoms with Gasteiger partial charge in [0.25, 0.3) is 0 Å². The van der Waals surface area contributed by atoms with Gasteiger partial charge in [-0.2, -0.15) is 0 Å². The first-order valence-electron chi connectivity index (χ1n) is 3.99. The lowest BCUT2D eigenvalue weighted by atomic mass is 10.4. The van der Waals surface area contributed by atoms with E-state index in [-0.39, 0.29) is 0 Å². The third-order valence-corrected chi connectivity index (χ3v) is 2.89. The van der Waals surface area contributed by atoms with Crippen molar-refractivity contribution in [2.75, 3.05) is 5.32 Å². The lowest BCUT2D eigenvalue weighted by Crippen LogP contribution is -2.06. The number of aromatic nitrogens is 2. The fourth-order valence-electron chi connectivity index (χ4n) is 1.12. The highest BCUT2D eigenvalue weighted by atomic mass is 127. The molecule has 1 N–H and O–H groups in total. The van der Waals surface area contributed by atoms with Crippen LogP contribution in [0, 0.1) is 9.49 Å². The second kappa shape index (κ2) is 3.16. The summed E-state index contributed by atoms with van der Waals surface area (Å²) in [5.74, 6) is 1.77. The van der Waals surface area contributed by atoms with Gasteiger partial charge in [0.15, 0.2) is 0 Å². The molecule has 2 rings (SSSR count). The van der Waals surface area contributed by atoms with Gasteiger partial charge in [-0.1, -0.05) is 6.92 Å². The summed E-state index contributed by atoms with van der Waals surface area (Å²) in [6.07, 6.45) is 4.67. The maximum Gasteiger partial charge on any atom is 0.143 e. The summed E-state index contributed by atoms with van der Waals surface area (Å²) in [6, 6.07) is 0.633. The Kier molecular flexibility index (Phi) is 2.16. The zero-order chi connectivity index (χ0) is 8.55. The SMILES string of the molecule is CC1CC1Nc1ncncc1I. The molecule has 1 aliphatic rings. The molecule has 1 aliphatic carbocycles. The standard InChI is InChI=1S/C8H10IN3/c1-5-2-7(5)12-8-6(9)3-10-4-11-8/h3-5,7H,2H2,1H3,(H,10,11,12). The Balaban J connectivity index is 2.08. The van der Waals surface area contributed by atoms with Gasteiger partial charge in [-0.05, 0) is 34.9 Å². The average Bonchev–Trinajstić information content (AvgIpc) is 2.72. The number of hydrogen-bond donors (Lipinski definition) is 1. The Labute approximate surface area is 85.1 Å². The second-order valence-electron chi connectivity index (χ2n) is 3.18. The Morgan fingerprint density at radius 3 is 3.00 bits per heavy atom. The number of anilines is 1. The molecular formula is C8H10IN3. The first-order chi connectivity index (χ1) is 5.77. The molecule has 3 nitrogen and oxygen atoms in total. The van der Waals surface area contributed by atoms with Gasteiger partial charge in [-0.15, -0.1) is 0 Å². The lowest BCUT2D eigenvalue weighted by Gasteiger charge is -2.04. The molecule has 0 spiro atoms. The van der Waals surface area contributed by atoms with Crippen molar-refractivity contribution in [1.29, 1.82) is 0 Å². The predicted molar refractivity (Wildman–Crippen MR) is 55.9 cm³/mol. The van der Waals surface area contributed by atoms with Crippen LogP contribution in [0.5, 0.6) is 0 Å². The van der Waals surface area contributed by atoms with Crippen LogP contribution in [0.1, 0.15) is 13.3 Å². The maximum absolute atomic E-state index is 4.16. The van der Waals surface area contributed by atoms with Gasteiger partial charge in [-0.25, -0.2) is 9.97 Å². The van der Waals surface area contributed by atoms with Crippen molar-refractivity contribution in [2.24, 2.45) is 5.92 Å². The van der Waals surface area contributed by atoms with Gasteiger partial charge in [-0.3, -0.25) is 0 Å². The van der Waals surface area contributed by atoms with Crippen LogP contribution in [0.3, 0.4) is 0 Å². The minimum atomic E-state index is 0.633. The third kappa shape index (κ3) is 1.68. The van der Waals surface area contributed by atoms with Crippen LogP contribution in [0.4, 0.5) is 5.82 Å². The first kappa shape index (κ1) is 8.22. The summed E-state index contributed by atoms with van der Waals surface area (Å²) in [6.45, 7) is 2.24. The topological polar surface area (TPSA) is 37.8 Å². The van der Waals surface area contributed by atoms with Crippen molar-refractivity contribution >= 4 is 28.4 Å². The zero-order valence-electron chi connectivity index (χ0n) is 6.79. The second-order valence-corrected chi connectivity index (χ2v) is 4.35. The summed E-state index contributed by atoms with van der Waals surface area (Å²) in [7, 11) is 0. The van der Waals surface area contributed by atoms with Crippen LogP contribution >= 0.6 is 22.6 Å². The van der Waals surface area contributed by atoms with Gasteiger partial charge in [0.05, 0.1) is 3.57 Å². The van der Waals surface area contributed by atoms with E-state index in [0.29, 0.717) is 6.04 Å². The number of halogens is 1. The summed E-state index contributed by atoms with van der Waals surface area (Å²) in [5.41, 5.74) is 0. The Hall–Kier alpha value is -0.390. The van der Waals surface area contributed by atoms with Gasteiger partial charge < -0.3 is 5.32 Å². The molecule has 1 aromatic heterocycles. The highest BCUT2D eigenvalue weighted by molar-refractivity contribution is 14.1. The van der Waals surface area contributed by atoms with Crippen molar-refractivity contribution < 1.29 is 0 Å². The molecule has 1 saturated carbocycles. The van der Waals surface area contributed by atoms with Crippen LogP contribution in [0.2, 0.25) is 0 Å². The highest BCUT2D eigenvalue weighted by Gasteiger charge is 2.32. The smallest absolute Gasteiger partial charge is 0.143 e. The molecule has 4 heteroatoms. The van der Waals surface area contributed by atoms with Crippen LogP contribution < -0.4 is 5.32 Å². The van der Waals surface area contributed by atoms with E-state index in [1.807, 2.05) is 6.20 Å². The first-order valence-corrected chi connectivity index (χ1v) is 5.07. The van der Waals surface area contributed by atoms with Crippen molar-refractivity contribution in [3.8, 4) is 0 Å². The molecule has 0 saturated heterocycles. The number of nitrogens with zero attached hydrogens (tertiary/aromatic N) is 2. The average molecular weight is 275 g/mol. The van der Waals surface area contributed by atoms with E-state index in [2.05, 4.69) is 44.8 Å². The van der Waals surface area contributed by atoms with Gasteiger partial charge in [0.2, 0.25) is 0 Å². The van der Waals surface area contributed by atoms with Gasteiger partial charge >= 0.3 is 0 Å². The molecule has 0 radical (unpaired) electrons. The molecule has 2 unspecified atom stereocenters. The zero-order valence-corrected chi connectivity index (χ0v) is 8.95. The van der Waals surface area contributed by atoms with Crippen molar-refractivity contribution in [3.63, 3.8) is 0 Å². The minimum Gasteiger partial charge on any atom is -0.366 e. The molecule has 12 heavy (non-hydrogen) atoms. The van der Waals surface area contributed by atoms with E-state index >= 15 is 0 Å². The van der Waals surface area contributed by atoms with E-state index in [0.717, 1.165) is 15.3 Å². The largest absolute Gasteiger partial charge is 0.366 e. The van der Waals surface area contributed by atoms with E-state index in [1.165, 1.54) is 6.42 Å². The van der Waals surface area contributed by atoms with Gasteiger partial charge in [0.1, 0.15) is 12.1 Å². The summed E-state index contributed by atoms with van der Waals surface area (Å²) in [4.78, 5) is 8.10. The van der Waals surface area contributed by atoms with E-state index in [1.54, 1.807) is 6.33 Å². The fraction of sp³-hybridized carbons (Fsp3) is 0.500. The quantitative estimate of drug-likeness (QED) is 0.838. The monoisotopic (exact) mass is 275 g/mol. The molecule has 64 valence electrons. The Bertz CT molecular complexity index is 289. The molecule has 2 atom stereocenters. The van der Waals surface area contributed by atoms with Crippen molar-refractivity contribution in [1.82, 2.24) is 9.97 Å². The summed E-state index contributed by atoms with van der Waals surface area (Å²) >= 11 is 2.24. The molecule has 0 aromatic carbocycles. The van der Waals surface area contributed by atoms with Crippen LogP contribution in [-0.4, -0.2) is 16.0 Å². The van der Waals surface area contributed by atoms with E-state index in [9.17, 15) is 0 Å². The summed E-state index contributed by atoms with van der Waals surface area (Å²) in [5, 5.41) is 3.38. The predicted octanol–water partition coefficient (Wildman–Crippen LogP) is 1.90. The summed E-state index contributed by atoms with van der Waals surface area (Å²) < 4.78 is 1.09. The van der Waals surface area contributed by atoms with Gasteiger partial charge in [0, 0.05) is 12.2 Å². The molecular weight excluding hydrogens is 265 g/mol. The highest BCUT2D eigenvalue weighted by Crippen LogP contribution is 2.32. The Morgan fingerprint density at radius 2 is 2.42 bits per heavy atom. The molecule has 1 fully saturated rings. The normalized spacial score (nSPS) is 26.8.